The van der Waals surface area contributed by atoms with Crippen LogP contribution in [0.3, 0.4) is 0 Å². The van der Waals surface area contributed by atoms with Gasteiger partial charge in [-0.2, -0.15) is 5.26 Å². The highest BCUT2D eigenvalue weighted by Crippen LogP contribution is 2.15. The highest BCUT2D eigenvalue weighted by molar-refractivity contribution is 6.32. The van der Waals surface area contributed by atoms with Crippen molar-refractivity contribution in [3.63, 3.8) is 0 Å². The van der Waals surface area contributed by atoms with Gasteiger partial charge in [0.1, 0.15) is 19.5 Å². The van der Waals surface area contributed by atoms with Crippen LogP contribution in [-0.4, -0.2) is 7.85 Å². The van der Waals surface area contributed by atoms with Crippen molar-refractivity contribution < 1.29 is 17.6 Å². The molecule has 0 amide bonds. The van der Waals surface area contributed by atoms with Crippen LogP contribution in [0.1, 0.15) is 5.56 Å². The van der Waals surface area contributed by atoms with Crippen molar-refractivity contribution in [3.8, 4) is 6.07 Å². The molecule has 1 rings (SSSR count). The molecule has 0 aliphatic rings. The highest BCUT2D eigenvalue weighted by Gasteiger charge is 2.21. The van der Waals surface area contributed by atoms with E-state index in [1.54, 1.807) is 0 Å². The molecule has 0 N–H and O–H groups in total. The monoisotopic (exact) mass is 185 g/mol. The molecule has 0 fully saturated rings. The standard InChI is InChI=1S/C7BF4N/c8-3-6(11)4(9)2(1-13)5(10)7(3)12. The Bertz CT molecular complexity index is 381. The lowest BCUT2D eigenvalue weighted by atomic mass is 9.93. The Hall–Kier alpha value is -1.51. The number of hydrogen-bond donors (Lipinski definition) is 0. The molecule has 1 aromatic carbocycles. The van der Waals surface area contributed by atoms with Gasteiger partial charge in [0.2, 0.25) is 0 Å². The summed E-state index contributed by atoms with van der Waals surface area (Å²) in [7, 11) is 4.67. The zero-order valence-electron chi connectivity index (χ0n) is 6.04. The quantitative estimate of drug-likeness (QED) is 0.334. The van der Waals surface area contributed by atoms with Crippen molar-refractivity contribution in [2.24, 2.45) is 0 Å². The Morgan fingerprint density at radius 3 is 1.62 bits per heavy atom. The van der Waals surface area contributed by atoms with Crippen LogP contribution in [0.2, 0.25) is 0 Å². The second-order valence-electron chi connectivity index (χ2n) is 2.16. The molecule has 0 saturated carbocycles. The van der Waals surface area contributed by atoms with Gasteiger partial charge in [-0.15, -0.1) is 0 Å². The molecule has 6 heteroatoms. The summed E-state index contributed by atoms with van der Waals surface area (Å²) in [6.07, 6.45) is 0. The minimum absolute atomic E-state index is 0.987. The van der Waals surface area contributed by atoms with Gasteiger partial charge in [0.15, 0.2) is 23.3 Å². The summed E-state index contributed by atoms with van der Waals surface area (Å²) in [6.45, 7) is 0. The van der Waals surface area contributed by atoms with E-state index in [0.29, 0.717) is 0 Å². The zero-order valence-corrected chi connectivity index (χ0v) is 6.04. The van der Waals surface area contributed by atoms with Crippen LogP contribution in [0.15, 0.2) is 0 Å². The van der Waals surface area contributed by atoms with Gasteiger partial charge in [-0.3, -0.25) is 0 Å². The molecule has 13 heavy (non-hydrogen) atoms. The van der Waals surface area contributed by atoms with Gasteiger partial charge >= 0.3 is 0 Å². The van der Waals surface area contributed by atoms with Crippen molar-refractivity contribution >= 4 is 13.3 Å². The van der Waals surface area contributed by atoms with Crippen molar-refractivity contribution in [1.82, 2.24) is 0 Å². The first-order chi connectivity index (χ1) is 6.00. The molecule has 0 aromatic heterocycles. The first-order valence-corrected chi connectivity index (χ1v) is 3.02. The van der Waals surface area contributed by atoms with E-state index in [1.807, 2.05) is 0 Å². The van der Waals surface area contributed by atoms with E-state index in [2.05, 4.69) is 7.85 Å². The van der Waals surface area contributed by atoms with Crippen molar-refractivity contribution in [3.05, 3.63) is 28.8 Å². The van der Waals surface area contributed by atoms with Crippen LogP contribution in [0.4, 0.5) is 17.6 Å². The predicted molar refractivity (Wildman–Crippen MR) is 36.4 cm³/mol. The summed E-state index contributed by atoms with van der Waals surface area (Å²) in [5.74, 6) is -7.07. The van der Waals surface area contributed by atoms with Crippen molar-refractivity contribution in [2.45, 2.75) is 0 Å². The van der Waals surface area contributed by atoms with E-state index in [-0.39, 0.29) is 0 Å². The first kappa shape index (κ1) is 9.58. The van der Waals surface area contributed by atoms with E-state index >= 15 is 0 Å². The number of halogens is 4. The van der Waals surface area contributed by atoms with Crippen LogP contribution in [-0.2, 0) is 0 Å². The topological polar surface area (TPSA) is 23.8 Å². The Morgan fingerprint density at radius 1 is 0.923 bits per heavy atom. The van der Waals surface area contributed by atoms with Crippen LogP contribution < -0.4 is 5.46 Å². The Morgan fingerprint density at radius 2 is 1.31 bits per heavy atom. The van der Waals surface area contributed by atoms with E-state index in [1.165, 1.54) is 0 Å². The number of hydrogen-bond acceptors (Lipinski definition) is 1. The molecular weight excluding hydrogens is 185 g/mol. The van der Waals surface area contributed by atoms with E-state index in [4.69, 9.17) is 5.26 Å². The number of rotatable bonds is 0. The minimum Gasteiger partial charge on any atom is -0.204 e. The molecule has 0 bridgehead atoms. The van der Waals surface area contributed by atoms with Crippen molar-refractivity contribution in [1.29, 1.82) is 5.26 Å². The number of benzene rings is 1. The SMILES string of the molecule is [B]c1c(F)c(F)c(C#N)c(F)c1F. The second-order valence-corrected chi connectivity index (χ2v) is 2.16. The fourth-order valence-corrected chi connectivity index (χ4v) is 0.747. The molecular formula is C7BF4N. The lowest BCUT2D eigenvalue weighted by molar-refractivity contribution is 0.459. The molecule has 0 aliphatic carbocycles. The maximum Gasteiger partial charge on any atom is 0.179 e. The zero-order chi connectivity index (χ0) is 10.2. The lowest BCUT2D eigenvalue weighted by Gasteiger charge is -2.03. The molecule has 1 aromatic rings. The highest BCUT2D eigenvalue weighted by atomic mass is 19.2. The van der Waals surface area contributed by atoms with Crippen LogP contribution in [0, 0.1) is 34.6 Å². The van der Waals surface area contributed by atoms with Crippen molar-refractivity contribution in [2.75, 3.05) is 0 Å². The minimum atomic E-state index is -1.78. The maximum absolute atomic E-state index is 12.6. The van der Waals surface area contributed by atoms with Gasteiger partial charge in [-0.1, -0.05) is 0 Å². The molecule has 0 unspecified atom stereocenters. The second kappa shape index (κ2) is 3.09. The summed E-state index contributed by atoms with van der Waals surface area (Å²) in [5.41, 5.74) is -2.59. The predicted octanol–water partition coefficient (Wildman–Crippen LogP) is 0.908. The number of nitriles is 1. The summed E-state index contributed by atoms with van der Waals surface area (Å²) >= 11 is 0. The molecule has 0 aliphatic heterocycles. The van der Waals surface area contributed by atoms with E-state index in [0.717, 1.165) is 6.07 Å². The molecule has 1 nitrogen and oxygen atoms in total. The largest absolute Gasteiger partial charge is 0.204 e. The molecule has 0 saturated heterocycles. The van der Waals surface area contributed by atoms with Gasteiger partial charge < -0.3 is 0 Å². The average Bonchev–Trinajstić information content (AvgIpc) is 2.13. The maximum atomic E-state index is 12.6. The third-order valence-corrected chi connectivity index (χ3v) is 1.41. The molecule has 0 spiro atoms. The van der Waals surface area contributed by atoms with Crippen LogP contribution in [0.5, 0.6) is 0 Å². The van der Waals surface area contributed by atoms with Gasteiger partial charge in [0.25, 0.3) is 0 Å². The van der Waals surface area contributed by atoms with Gasteiger partial charge in [-0.25, -0.2) is 17.6 Å². The summed E-state index contributed by atoms with van der Waals surface area (Å²) in [5, 5.41) is 8.13. The molecule has 0 atom stereocenters. The molecule has 0 heterocycles. The number of nitrogens with zero attached hydrogens (tertiary/aromatic N) is 1. The Labute approximate surface area is 72.0 Å². The Kier molecular flexibility index (Phi) is 2.28. The molecule has 64 valence electrons. The van der Waals surface area contributed by atoms with Gasteiger partial charge in [-0.05, 0) is 5.46 Å². The third kappa shape index (κ3) is 1.26. The van der Waals surface area contributed by atoms with E-state index in [9.17, 15) is 17.6 Å². The van der Waals surface area contributed by atoms with Gasteiger partial charge in [0, 0.05) is 0 Å². The lowest BCUT2D eigenvalue weighted by Crippen LogP contribution is -2.20. The summed E-state index contributed by atoms with van der Waals surface area (Å²) in [6, 6.07) is 0.987. The summed E-state index contributed by atoms with van der Waals surface area (Å²) < 4.78 is 50.4. The smallest absolute Gasteiger partial charge is 0.179 e. The third-order valence-electron chi connectivity index (χ3n) is 1.41. The molecule has 2 radical (unpaired) electrons. The van der Waals surface area contributed by atoms with Gasteiger partial charge in [0.05, 0.1) is 0 Å². The average molecular weight is 185 g/mol. The fraction of sp³-hybridized carbons (Fsp3) is 0. The first-order valence-electron chi connectivity index (χ1n) is 3.02. The van der Waals surface area contributed by atoms with Crippen LogP contribution >= 0.6 is 0 Å². The fourth-order valence-electron chi connectivity index (χ4n) is 0.747. The summed E-state index contributed by atoms with van der Waals surface area (Å²) in [4.78, 5) is 0. The van der Waals surface area contributed by atoms with E-state index < -0.39 is 34.3 Å². The Balaban J connectivity index is 3.69. The normalized spacial score (nSPS) is 9.77. The van der Waals surface area contributed by atoms with Crippen LogP contribution in [0.25, 0.3) is 0 Å².